The van der Waals surface area contributed by atoms with Crippen molar-refractivity contribution >= 4 is 0 Å². The second kappa shape index (κ2) is 6.75. The first kappa shape index (κ1) is 15.0. The summed E-state index contributed by atoms with van der Waals surface area (Å²) in [6.45, 7) is 0.582. The Morgan fingerprint density at radius 1 is 1.28 bits per heavy atom. The second-order valence-electron chi connectivity index (χ2n) is 4.24. The van der Waals surface area contributed by atoms with Crippen LogP contribution in [0.5, 0.6) is 0 Å². The molecule has 0 aliphatic carbocycles. The van der Waals surface area contributed by atoms with Crippen molar-refractivity contribution in [1.29, 1.82) is 0 Å². The van der Waals surface area contributed by atoms with Crippen molar-refractivity contribution in [3.05, 3.63) is 35.4 Å². The highest BCUT2D eigenvalue weighted by Gasteiger charge is 2.27. The van der Waals surface area contributed by atoms with E-state index in [1.807, 2.05) is 31.2 Å². The minimum absolute atomic E-state index is 0.0907. The first-order valence-corrected chi connectivity index (χ1v) is 5.75. The van der Waals surface area contributed by atoms with Crippen molar-refractivity contribution < 1.29 is 23.0 Å². The van der Waals surface area contributed by atoms with Crippen molar-refractivity contribution in [3.63, 3.8) is 0 Å². The number of aliphatic hydroxyl groups is 1. The maximum atomic E-state index is 11.8. The van der Waals surface area contributed by atoms with Crippen molar-refractivity contribution in [3.8, 4) is 0 Å². The molecule has 0 spiro atoms. The van der Waals surface area contributed by atoms with Crippen LogP contribution in [0.3, 0.4) is 0 Å². The summed E-state index contributed by atoms with van der Waals surface area (Å²) in [5.41, 5.74) is 2.06. The quantitative estimate of drug-likeness (QED) is 0.799. The predicted octanol–water partition coefficient (Wildman–Crippen LogP) is 2.87. The molecule has 1 aromatic rings. The number of halogens is 3. The third-order valence-electron chi connectivity index (χ3n) is 2.58. The molecule has 0 fully saturated rings. The van der Waals surface area contributed by atoms with Gasteiger partial charge in [-0.3, -0.25) is 0 Å². The van der Waals surface area contributed by atoms with Crippen molar-refractivity contribution in [2.24, 2.45) is 0 Å². The standard InChI is InChI=1S/C13H17F3O2/c1-10-4-2-3-5-11(10)8-12(17)6-7-18-9-13(14,15)16/h2-5,12,17H,6-9H2,1H3. The van der Waals surface area contributed by atoms with Gasteiger partial charge in [-0.15, -0.1) is 0 Å². The summed E-state index contributed by atoms with van der Waals surface area (Å²) in [4.78, 5) is 0. The molecule has 0 aliphatic heterocycles. The number of benzene rings is 1. The molecule has 18 heavy (non-hydrogen) atoms. The molecule has 1 atom stereocenters. The number of hydrogen-bond acceptors (Lipinski definition) is 2. The minimum atomic E-state index is -4.30. The van der Waals surface area contributed by atoms with Crippen molar-refractivity contribution in [2.75, 3.05) is 13.2 Å². The molecule has 102 valence electrons. The number of hydrogen-bond donors (Lipinski definition) is 1. The Bertz CT molecular complexity index is 363. The fourth-order valence-corrected chi connectivity index (χ4v) is 1.60. The normalized spacial score (nSPS) is 13.6. The topological polar surface area (TPSA) is 29.5 Å². The maximum Gasteiger partial charge on any atom is 0.411 e. The molecule has 0 amide bonds. The van der Waals surface area contributed by atoms with Gasteiger partial charge in [0.15, 0.2) is 0 Å². The van der Waals surface area contributed by atoms with Crippen molar-refractivity contribution in [1.82, 2.24) is 0 Å². The molecule has 0 saturated carbocycles. The summed E-state index contributed by atoms with van der Waals surface area (Å²) in [6, 6.07) is 7.60. The van der Waals surface area contributed by atoms with Crippen LogP contribution in [0.15, 0.2) is 24.3 Å². The number of aryl methyl sites for hydroxylation is 1. The summed E-state index contributed by atoms with van der Waals surface area (Å²) in [7, 11) is 0. The molecule has 0 radical (unpaired) electrons. The monoisotopic (exact) mass is 262 g/mol. The van der Waals surface area contributed by atoms with Gasteiger partial charge < -0.3 is 9.84 Å². The van der Waals surface area contributed by atoms with E-state index < -0.39 is 18.9 Å². The van der Waals surface area contributed by atoms with E-state index in [0.29, 0.717) is 6.42 Å². The van der Waals surface area contributed by atoms with Gasteiger partial charge in [-0.05, 0) is 30.9 Å². The third kappa shape index (κ3) is 6.02. The van der Waals surface area contributed by atoms with Crippen LogP contribution in [0.2, 0.25) is 0 Å². The van der Waals surface area contributed by atoms with Crippen LogP contribution in [0, 0.1) is 6.92 Å². The highest BCUT2D eigenvalue weighted by Crippen LogP contribution is 2.15. The van der Waals surface area contributed by atoms with E-state index in [1.165, 1.54) is 0 Å². The summed E-state index contributed by atoms with van der Waals surface area (Å²) >= 11 is 0. The van der Waals surface area contributed by atoms with Crippen LogP contribution in [0.4, 0.5) is 13.2 Å². The van der Waals surface area contributed by atoms with Gasteiger partial charge in [-0.25, -0.2) is 0 Å². The lowest BCUT2D eigenvalue weighted by Crippen LogP contribution is -2.20. The lowest BCUT2D eigenvalue weighted by atomic mass is 10.0. The minimum Gasteiger partial charge on any atom is -0.393 e. The van der Waals surface area contributed by atoms with E-state index in [1.54, 1.807) is 0 Å². The van der Waals surface area contributed by atoms with Gasteiger partial charge in [0.2, 0.25) is 0 Å². The van der Waals surface area contributed by atoms with Crippen molar-refractivity contribution in [2.45, 2.75) is 32.0 Å². The molecule has 0 heterocycles. The van der Waals surface area contributed by atoms with Gasteiger partial charge in [0.25, 0.3) is 0 Å². The molecule has 1 aromatic carbocycles. The van der Waals surface area contributed by atoms with E-state index in [4.69, 9.17) is 0 Å². The molecule has 0 aliphatic rings. The average Bonchev–Trinajstić information content (AvgIpc) is 2.26. The molecule has 0 aromatic heterocycles. The maximum absolute atomic E-state index is 11.8. The van der Waals surface area contributed by atoms with E-state index >= 15 is 0 Å². The SMILES string of the molecule is Cc1ccccc1CC(O)CCOCC(F)(F)F. The lowest BCUT2D eigenvalue weighted by molar-refractivity contribution is -0.175. The second-order valence-corrected chi connectivity index (χ2v) is 4.24. The van der Waals surface area contributed by atoms with E-state index in [2.05, 4.69) is 4.74 Å². The Balaban J connectivity index is 2.26. The van der Waals surface area contributed by atoms with Gasteiger partial charge in [0.05, 0.1) is 6.10 Å². The Labute approximate surface area is 104 Å². The lowest BCUT2D eigenvalue weighted by Gasteiger charge is -2.13. The molecule has 5 heteroatoms. The van der Waals surface area contributed by atoms with E-state index in [0.717, 1.165) is 11.1 Å². The molecule has 1 N–H and O–H groups in total. The Hall–Kier alpha value is -1.07. The predicted molar refractivity (Wildman–Crippen MR) is 62.4 cm³/mol. The fourth-order valence-electron chi connectivity index (χ4n) is 1.60. The Morgan fingerprint density at radius 2 is 1.94 bits per heavy atom. The molecular weight excluding hydrogens is 245 g/mol. The van der Waals surface area contributed by atoms with E-state index in [9.17, 15) is 18.3 Å². The first-order chi connectivity index (χ1) is 8.38. The highest BCUT2D eigenvalue weighted by atomic mass is 19.4. The molecule has 0 saturated heterocycles. The van der Waals surface area contributed by atoms with E-state index in [-0.39, 0.29) is 13.0 Å². The summed E-state index contributed by atoms with van der Waals surface area (Å²) in [5.74, 6) is 0. The van der Waals surface area contributed by atoms with Gasteiger partial charge in [0, 0.05) is 6.61 Å². The molecule has 1 rings (SSSR count). The number of aliphatic hydroxyl groups excluding tert-OH is 1. The zero-order valence-corrected chi connectivity index (χ0v) is 10.2. The average molecular weight is 262 g/mol. The van der Waals surface area contributed by atoms with Crippen LogP contribution in [-0.4, -0.2) is 30.6 Å². The van der Waals surface area contributed by atoms with Crippen LogP contribution in [0.1, 0.15) is 17.5 Å². The molecule has 1 unspecified atom stereocenters. The highest BCUT2D eigenvalue weighted by molar-refractivity contribution is 5.26. The van der Waals surface area contributed by atoms with Gasteiger partial charge >= 0.3 is 6.18 Å². The summed E-state index contributed by atoms with van der Waals surface area (Å²) < 4.78 is 39.8. The first-order valence-electron chi connectivity index (χ1n) is 5.75. The number of rotatable bonds is 6. The molecule has 0 bridgehead atoms. The Kier molecular flexibility index (Phi) is 5.62. The largest absolute Gasteiger partial charge is 0.411 e. The van der Waals surface area contributed by atoms with Crippen LogP contribution >= 0.6 is 0 Å². The number of alkyl halides is 3. The third-order valence-corrected chi connectivity index (χ3v) is 2.58. The summed E-state index contributed by atoms with van der Waals surface area (Å²) in [5, 5.41) is 9.70. The summed E-state index contributed by atoms with van der Waals surface area (Å²) in [6.07, 6.45) is -4.35. The van der Waals surface area contributed by atoms with Crippen LogP contribution in [0.25, 0.3) is 0 Å². The molecule has 2 nitrogen and oxygen atoms in total. The number of ether oxygens (including phenoxy) is 1. The zero-order chi connectivity index (χ0) is 13.6. The van der Waals surface area contributed by atoms with Crippen LogP contribution in [-0.2, 0) is 11.2 Å². The zero-order valence-electron chi connectivity index (χ0n) is 10.2. The van der Waals surface area contributed by atoms with Gasteiger partial charge in [-0.1, -0.05) is 24.3 Å². The Morgan fingerprint density at radius 3 is 2.56 bits per heavy atom. The molecular formula is C13H17F3O2. The van der Waals surface area contributed by atoms with Gasteiger partial charge in [0.1, 0.15) is 6.61 Å². The van der Waals surface area contributed by atoms with Crippen LogP contribution < -0.4 is 0 Å². The fraction of sp³-hybridized carbons (Fsp3) is 0.538. The smallest absolute Gasteiger partial charge is 0.393 e. The van der Waals surface area contributed by atoms with Gasteiger partial charge in [-0.2, -0.15) is 13.2 Å².